The molecule has 0 aromatic carbocycles. The van der Waals surface area contributed by atoms with Crippen LogP contribution in [-0.4, -0.2) is 127 Å². The van der Waals surface area contributed by atoms with Gasteiger partial charge in [0.1, 0.15) is 6.10 Å². The van der Waals surface area contributed by atoms with E-state index in [-0.39, 0.29) is 109 Å². The highest BCUT2D eigenvalue weighted by Crippen LogP contribution is 2.50. The van der Waals surface area contributed by atoms with Gasteiger partial charge in [0.25, 0.3) is 0 Å². The monoisotopic (exact) mass is 888 g/mol. The van der Waals surface area contributed by atoms with Gasteiger partial charge in [0.05, 0.1) is 90.4 Å². The standard InChI is InChI=1S/C33H62BN3O16P3Si/c1-6-29-32(28(2)33(34-54)52-29)53-31(39)15-14-30(38)37-18-9-7-8-10-19-46-55(40,47-20-11-16-35)50-25-23-45-24-26-51-56(41,48-21-12-17-36)49-22-13-27-57(42-3,43-4)44-5/h28-29,32-33H,6-15,18-27,54H2,1-5H3,(H,37,38)/t28-,29+,32?,33+,55?,56?/m0/s1. The molecule has 4 unspecified atom stereocenters. The quantitative estimate of drug-likeness (QED) is 0.0375. The number of amides is 1. The van der Waals surface area contributed by atoms with Crippen LogP contribution in [0.2, 0.25) is 6.04 Å². The van der Waals surface area contributed by atoms with Crippen molar-refractivity contribution in [2.75, 3.05) is 80.7 Å². The third-order valence-corrected chi connectivity index (χ3v) is 14.7. The summed E-state index contributed by atoms with van der Waals surface area (Å²) in [5.74, 6) is -0.627. The molecule has 57 heavy (non-hydrogen) atoms. The molecule has 0 spiro atoms. The van der Waals surface area contributed by atoms with E-state index in [2.05, 4.69) is 14.4 Å². The number of rotatable bonds is 36. The third-order valence-electron chi connectivity index (χ3n) is 8.48. The van der Waals surface area contributed by atoms with E-state index in [1.807, 2.05) is 33.0 Å². The zero-order chi connectivity index (χ0) is 42.4. The number of ether oxygens (including phenoxy) is 3. The number of phosphoric ester groups is 2. The SMILES string of the molecule is CC[C@H]1O[C@@H]([B]P)[C@@H](C)C1OC(=O)CCC(=O)NCCCCCCOP(=O)(OCCC#N)OCCOCCOP(=O)(OCCC#N)OCCC[Si](OC)(OC)OC. The van der Waals surface area contributed by atoms with Crippen LogP contribution in [0, 0.1) is 28.6 Å². The molecule has 19 nitrogen and oxygen atoms in total. The number of esters is 1. The number of hydrogen-bond donors (Lipinski definition) is 1. The molecule has 1 N–H and O–H groups in total. The van der Waals surface area contributed by atoms with E-state index < -0.39 is 30.4 Å². The maximum Gasteiger partial charge on any atom is 0.500 e. The molecular weight excluding hydrogens is 826 g/mol. The van der Waals surface area contributed by atoms with E-state index in [1.165, 1.54) is 21.3 Å². The smallest absolute Gasteiger partial charge is 0.459 e. The summed E-state index contributed by atoms with van der Waals surface area (Å²) in [5.41, 5.74) is 0. The first-order valence-corrected chi connectivity index (χ1v) is 24.6. The van der Waals surface area contributed by atoms with Crippen molar-refractivity contribution in [1.29, 1.82) is 10.5 Å². The Bertz CT molecular complexity index is 1300. The summed E-state index contributed by atoms with van der Waals surface area (Å²) in [5, 5.41) is 20.5. The van der Waals surface area contributed by atoms with E-state index >= 15 is 0 Å². The number of nitrogens with zero attached hydrogens (tertiary/aromatic N) is 2. The second kappa shape index (κ2) is 31.5. The molecule has 0 bridgehead atoms. The number of phosphoric acid groups is 2. The Hall–Kier alpha value is -1.35. The summed E-state index contributed by atoms with van der Waals surface area (Å²) in [4.78, 5) is 24.7. The van der Waals surface area contributed by atoms with Gasteiger partial charge in [-0.2, -0.15) is 19.6 Å². The molecule has 1 aliphatic rings. The average Bonchev–Trinajstić information content (AvgIpc) is 3.51. The fourth-order valence-electron chi connectivity index (χ4n) is 5.33. The van der Waals surface area contributed by atoms with Crippen LogP contribution in [-0.2, 0) is 73.4 Å². The molecule has 1 amide bonds. The second-order valence-electron chi connectivity index (χ2n) is 12.5. The van der Waals surface area contributed by atoms with Crippen molar-refractivity contribution < 1.29 is 73.4 Å². The first-order valence-electron chi connectivity index (χ1n) is 19.1. The largest absolute Gasteiger partial charge is 0.500 e. The van der Waals surface area contributed by atoms with Gasteiger partial charge in [-0.25, -0.2) is 9.13 Å². The second-order valence-corrected chi connectivity index (χ2v) is 19.4. The molecular formula is C33H62BN3O16P3Si. The lowest BCUT2D eigenvalue weighted by Crippen LogP contribution is -2.42. The van der Waals surface area contributed by atoms with Crippen molar-refractivity contribution in [3.8, 4) is 12.1 Å². The minimum absolute atomic E-state index is 0.0134. The molecule has 24 heteroatoms. The van der Waals surface area contributed by atoms with E-state index in [1.54, 1.807) is 0 Å². The molecule has 0 aliphatic carbocycles. The highest BCUT2D eigenvalue weighted by Gasteiger charge is 2.42. The first kappa shape index (κ1) is 53.7. The molecule has 1 aliphatic heterocycles. The Balaban J connectivity index is 2.32. The van der Waals surface area contributed by atoms with Crippen LogP contribution in [0.15, 0.2) is 0 Å². The predicted octanol–water partition coefficient (Wildman–Crippen LogP) is 5.05. The number of nitrogens with one attached hydrogen (secondary N) is 1. The third kappa shape index (κ3) is 22.7. The lowest BCUT2D eigenvalue weighted by molar-refractivity contribution is -0.154. The van der Waals surface area contributed by atoms with Gasteiger partial charge in [-0.1, -0.05) is 26.7 Å². The summed E-state index contributed by atoms with van der Waals surface area (Å²) in [7, 11) is -3.88. The van der Waals surface area contributed by atoms with Crippen molar-refractivity contribution in [3.63, 3.8) is 0 Å². The van der Waals surface area contributed by atoms with Gasteiger partial charge >= 0.3 is 30.4 Å². The normalized spacial score (nSPS) is 20.2. The Morgan fingerprint density at radius 2 is 1.30 bits per heavy atom. The predicted molar refractivity (Wildman–Crippen MR) is 213 cm³/mol. The van der Waals surface area contributed by atoms with Crippen LogP contribution in [0.25, 0.3) is 0 Å². The van der Waals surface area contributed by atoms with E-state index in [0.717, 1.165) is 12.8 Å². The maximum atomic E-state index is 13.1. The Morgan fingerprint density at radius 1 is 0.772 bits per heavy atom. The molecule has 0 saturated carbocycles. The van der Waals surface area contributed by atoms with Crippen molar-refractivity contribution in [3.05, 3.63) is 0 Å². The summed E-state index contributed by atoms with van der Waals surface area (Å²) in [6.07, 6.45) is 3.26. The minimum Gasteiger partial charge on any atom is -0.459 e. The summed E-state index contributed by atoms with van der Waals surface area (Å²) < 4.78 is 91.3. The number of carbonyl (C=O) groups excluding carboxylic acids is 2. The highest BCUT2D eigenvalue weighted by atomic mass is 31.2. The Labute approximate surface area is 342 Å². The van der Waals surface area contributed by atoms with Gasteiger partial charge in [-0.15, -0.1) is 0 Å². The van der Waals surface area contributed by atoms with E-state index in [4.69, 9.17) is 65.2 Å². The maximum absolute atomic E-state index is 13.1. The van der Waals surface area contributed by atoms with Crippen molar-refractivity contribution in [1.82, 2.24) is 5.32 Å². The Kier molecular flexibility index (Phi) is 29.7. The van der Waals surface area contributed by atoms with Gasteiger partial charge in [-0.3, -0.25) is 36.7 Å². The van der Waals surface area contributed by atoms with Crippen LogP contribution in [0.5, 0.6) is 0 Å². The first-order chi connectivity index (χ1) is 27.4. The summed E-state index contributed by atoms with van der Waals surface area (Å²) in [6.45, 7) is 5.56. The van der Waals surface area contributed by atoms with Crippen molar-refractivity contribution in [2.45, 2.75) is 102 Å². The average molecular weight is 889 g/mol. The molecule has 1 heterocycles. The zero-order valence-corrected chi connectivity index (χ0v) is 37.9. The minimum atomic E-state index is -4.02. The molecule has 0 aromatic heterocycles. The fourth-order valence-corrected chi connectivity index (χ4v) is 9.84. The lowest BCUT2D eigenvalue weighted by Gasteiger charge is -2.24. The Morgan fingerprint density at radius 3 is 1.82 bits per heavy atom. The number of hydrogen-bond acceptors (Lipinski definition) is 18. The molecule has 327 valence electrons. The van der Waals surface area contributed by atoms with Crippen LogP contribution < -0.4 is 5.32 Å². The van der Waals surface area contributed by atoms with Gasteiger partial charge in [-0.05, 0) is 25.7 Å². The number of nitriles is 2. The van der Waals surface area contributed by atoms with E-state index in [0.29, 0.717) is 38.3 Å². The van der Waals surface area contributed by atoms with Crippen molar-refractivity contribution >= 4 is 52.4 Å². The molecule has 1 saturated heterocycles. The number of unbranched alkanes of at least 4 members (excludes halogenated alkanes) is 3. The van der Waals surface area contributed by atoms with Crippen LogP contribution in [0.3, 0.4) is 0 Å². The highest BCUT2D eigenvalue weighted by molar-refractivity contribution is 7.56. The molecule has 1 fully saturated rings. The van der Waals surface area contributed by atoms with Gasteiger partial charge < -0.3 is 32.8 Å². The lowest BCUT2D eigenvalue weighted by atomic mass is 9.84. The molecule has 1 rings (SSSR count). The number of carbonyl (C=O) groups is 2. The van der Waals surface area contributed by atoms with Crippen molar-refractivity contribution in [2.24, 2.45) is 5.92 Å². The zero-order valence-electron chi connectivity index (χ0n) is 33.9. The van der Waals surface area contributed by atoms with Crippen LogP contribution in [0.4, 0.5) is 0 Å². The fraction of sp³-hybridized carbons (Fsp3) is 0.879. The van der Waals surface area contributed by atoms with E-state index in [9.17, 15) is 18.7 Å². The molecule has 1 radical (unpaired) electrons. The molecule has 7 atom stereocenters. The van der Waals surface area contributed by atoms with Gasteiger partial charge in [0.15, 0.2) is 7.00 Å². The summed E-state index contributed by atoms with van der Waals surface area (Å²) in [6, 6.07) is 4.09. The summed E-state index contributed by atoms with van der Waals surface area (Å²) >= 11 is 0. The molecule has 0 aromatic rings. The van der Waals surface area contributed by atoms with Gasteiger partial charge in [0, 0.05) is 52.3 Å². The topological polar surface area (TPSA) is 239 Å². The van der Waals surface area contributed by atoms with Crippen LogP contribution >= 0.6 is 24.8 Å². The van der Waals surface area contributed by atoms with Crippen LogP contribution in [0.1, 0.15) is 78.1 Å². The van der Waals surface area contributed by atoms with Gasteiger partial charge in [0.2, 0.25) is 5.91 Å².